The number of carbonyl (C=O) groups excluding carboxylic acids is 1. The van der Waals surface area contributed by atoms with Crippen molar-refractivity contribution in [2.24, 2.45) is 5.73 Å². The van der Waals surface area contributed by atoms with Crippen molar-refractivity contribution in [1.29, 1.82) is 0 Å². The molecule has 1 rings (SSSR count). The molecule has 0 aliphatic heterocycles. The van der Waals surface area contributed by atoms with E-state index in [9.17, 15) is 4.79 Å². The largest absolute Gasteiger partial charge is 0.368 e. The van der Waals surface area contributed by atoms with E-state index in [1.807, 2.05) is 49.2 Å². The second-order valence-electron chi connectivity index (χ2n) is 3.48. The summed E-state index contributed by atoms with van der Waals surface area (Å²) < 4.78 is 0. The Morgan fingerprint density at radius 3 is 2.50 bits per heavy atom. The first-order valence-corrected chi connectivity index (χ1v) is 4.64. The molecule has 0 heterocycles. The molecule has 1 aromatic rings. The van der Waals surface area contributed by atoms with Crippen molar-refractivity contribution in [2.75, 3.05) is 7.05 Å². The highest BCUT2D eigenvalue weighted by atomic mass is 16.1. The Hall–Kier alpha value is -1.35. The molecule has 0 aliphatic rings. The first-order chi connectivity index (χ1) is 6.61. The molecule has 1 amide bonds. The lowest BCUT2D eigenvalue weighted by Crippen LogP contribution is -2.39. The van der Waals surface area contributed by atoms with Crippen LogP contribution in [0.2, 0.25) is 0 Å². The Balaban J connectivity index is 2.57. The van der Waals surface area contributed by atoms with Crippen LogP contribution in [0.3, 0.4) is 0 Å². The SMILES string of the molecule is CC(C(N)=O)N(C)Cc1ccccc1. The molecule has 2 N–H and O–H groups in total. The molecule has 3 heteroatoms. The molecular formula is C11H16N2O. The summed E-state index contributed by atoms with van der Waals surface area (Å²) in [5, 5.41) is 0. The van der Waals surface area contributed by atoms with Crippen LogP contribution in [0, 0.1) is 0 Å². The van der Waals surface area contributed by atoms with Crippen LogP contribution in [0.5, 0.6) is 0 Å². The number of hydrogen-bond donors (Lipinski definition) is 1. The van der Waals surface area contributed by atoms with E-state index in [0.29, 0.717) is 0 Å². The van der Waals surface area contributed by atoms with Gasteiger partial charge in [-0.15, -0.1) is 0 Å². The molecule has 0 saturated carbocycles. The maximum absolute atomic E-state index is 10.9. The Kier molecular flexibility index (Phi) is 3.65. The number of hydrogen-bond acceptors (Lipinski definition) is 2. The van der Waals surface area contributed by atoms with Gasteiger partial charge in [0.2, 0.25) is 5.91 Å². The van der Waals surface area contributed by atoms with Gasteiger partial charge in [-0.25, -0.2) is 0 Å². The molecule has 0 saturated heterocycles. The van der Waals surface area contributed by atoms with E-state index in [2.05, 4.69) is 0 Å². The summed E-state index contributed by atoms with van der Waals surface area (Å²) in [5.74, 6) is -0.288. The molecule has 1 atom stereocenters. The third-order valence-corrected chi connectivity index (χ3v) is 2.35. The van der Waals surface area contributed by atoms with Crippen molar-refractivity contribution in [2.45, 2.75) is 19.5 Å². The van der Waals surface area contributed by atoms with E-state index in [1.54, 1.807) is 0 Å². The molecule has 0 radical (unpaired) electrons. The maximum atomic E-state index is 10.9. The zero-order valence-corrected chi connectivity index (χ0v) is 8.60. The van der Waals surface area contributed by atoms with Crippen LogP contribution in [0.15, 0.2) is 30.3 Å². The zero-order chi connectivity index (χ0) is 10.6. The second kappa shape index (κ2) is 4.77. The molecule has 1 aromatic carbocycles. The monoisotopic (exact) mass is 192 g/mol. The van der Waals surface area contributed by atoms with Crippen molar-refractivity contribution in [3.8, 4) is 0 Å². The molecule has 3 nitrogen and oxygen atoms in total. The lowest BCUT2D eigenvalue weighted by atomic mass is 10.2. The van der Waals surface area contributed by atoms with Gasteiger partial charge in [0, 0.05) is 6.54 Å². The highest BCUT2D eigenvalue weighted by molar-refractivity contribution is 5.79. The van der Waals surface area contributed by atoms with Gasteiger partial charge in [-0.2, -0.15) is 0 Å². The van der Waals surface area contributed by atoms with Crippen molar-refractivity contribution in [3.05, 3.63) is 35.9 Å². The maximum Gasteiger partial charge on any atom is 0.234 e. The minimum atomic E-state index is -0.288. The number of nitrogens with two attached hydrogens (primary N) is 1. The molecule has 0 aliphatic carbocycles. The van der Waals surface area contributed by atoms with Crippen LogP contribution in [0.25, 0.3) is 0 Å². The van der Waals surface area contributed by atoms with Crippen molar-refractivity contribution in [3.63, 3.8) is 0 Å². The Morgan fingerprint density at radius 1 is 1.43 bits per heavy atom. The van der Waals surface area contributed by atoms with E-state index in [-0.39, 0.29) is 11.9 Å². The fourth-order valence-corrected chi connectivity index (χ4v) is 1.23. The molecule has 76 valence electrons. The second-order valence-corrected chi connectivity index (χ2v) is 3.48. The standard InChI is InChI=1S/C11H16N2O/c1-9(11(12)14)13(2)8-10-6-4-3-5-7-10/h3-7,9H,8H2,1-2H3,(H2,12,14). The topological polar surface area (TPSA) is 46.3 Å². The van der Waals surface area contributed by atoms with E-state index in [4.69, 9.17) is 5.73 Å². The summed E-state index contributed by atoms with van der Waals surface area (Å²) in [6.45, 7) is 2.55. The van der Waals surface area contributed by atoms with Gasteiger partial charge in [0.05, 0.1) is 6.04 Å². The van der Waals surface area contributed by atoms with Gasteiger partial charge in [-0.1, -0.05) is 30.3 Å². The van der Waals surface area contributed by atoms with Crippen LogP contribution in [-0.4, -0.2) is 23.9 Å². The summed E-state index contributed by atoms with van der Waals surface area (Å²) in [6, 6.07) is 9.78. The van der Waals surface area contributed by atoms with E-state index in [1.165, 1.54) is 5.56 Å². The summed E-state index contributed by atoms with van der Waals surface area (Å²) in [6.07, 6.45) is 0. The van der Waals surface area contributed by atoms with E-state index < -0.39 is 0 Å². The summed E-state index contributed by atoms with van der Waals surface area (Å²) in [7, 11) is 1.89. The van der Waals surface area contributed by atoms with E-state index >= 15 is 0 Å². The zero-order valence-electron chi connectivity index (χ0n) is 8.60. The summed E-state index contributed by atoms with van der Waals surface area (Å²) in [4.78, 5) is 12.8. The summed E-state index contributed by atoms with van der Waals surface area (Å²) in [5.41, 5.74) is 6.39. The third-order valence-electron chi connectivity index (χ3n) is 2.35. The van der Waals surface area contributed by atoms with Gasteiger partial charge in [0.15, 0.2) is 0 Å². The van der Waals surface area contributed by atoms with Gasteiger partial charge in [-0.3, -0.25) is 9.69 Å². The van der Waals surface area contributed by atoms with Crippen LogP contribution in [0.4, 0.5) is 0 Å². The number of rotatable bonds is 4. The molecule has 0 aromatic heterocycles. The summed E-state index contributed by atoms with van der Waals surface area (Å²) >= 11 is 0. The highest BCUT2D eigenvalue weighted by Crippen LogP contribution is 2.05. The predicted molar refractivity (Wildman–Crippen MR) is 56.6 cm³/mol. The Labute approximate surface area is 84.5 Å². The molecule has 0 spiro atoms. The number of primary amides is 1. The van der Waals surface area contributed by atoms with Crippen molar-refractivity contribution < 1.29 is 4.79 Å². The molecule has 0 fully saturated rings. The number of amides is 1. The molecule has 14 heavy (non-hydrogen) atoms. The molecular weight excluding hydrogens is 176 g/mol. The van der Waals surface area contributed by atoms with Gasteiger partial charge in [0.1, 0.15) is 0 Å². The first kappa shape index (κ1) is 10.7. The number of likely N-dealkylation sites (N-methyl/N-ethyl adjacent to an activating group) is 1. The predicted octanol–water partition coefficient (Wildman–Crippen LogP) is 0.992. The lowest BCUT2D eigenvalue weighted by molar-refractivity contribution is -0.122. The van der Waals surface area contributed by atoms with Crippen LogP contribution in [0.1, 0.15) is 12.5 Å². The highest BCUT2D eigenvalue weighted by Gasteiger charge is 2.14. The van der Waals surface area contributed by atoms with Gasteiger partial charge < -0.3 is 5.73 Å². The van der Waals surface area contributed by atoms with Crippen LogP contribution in [-0.2, 0) is 11.3 Å². The van der Waals surface area contributed by atoms with Crippen LogP contribution < -0.4 is 5.73 Å². The first-order valence-electron chi connectivity index (χ1n) is 4.64. The average molecular weight is 192 g/mol. The fraction of sp³-hybridized carbons (Fsp3) is 0.364. The fourth-order valence-electron chi connectivity index (χ4n) is 1.23. The Morgan fingerprint density at radius 2 is 2.00 bits per heavy atom. The minimum absolute atomic E-state index is 0.227. The van der Waals surface area contributed by atoms with Crippen molar-refractivity contribution >= 4 is 5.91 Å². The average Bonchev–Trinajstić information content (AvgIpc) is 2.18. The van der Waals surface area contributed by atoms with Gasteiger partial charge >= 0.3 is 0 Å². The number of carbonyl (C=O) groups is 1. The lowest BCUT2D eigenvalue weighted by Gasteiger charge is -2.21. The molecule has 0 bridgehead atoms. The number of nitrogens with zero attached hydrogens (tertiary/aromatic N) is 1. The Bertz CT molecular complexity index is 297. The number of benzene rings is 1. The third kappa shape index (κ3) is 2.85. The van der Waals surface area contributed by atoms with Gasteiger partial charge in [0.25, 0.3) is 0 Å². The smallest absolute Gasteiger partial charge is 0.234 e. The minimum Gasteiger partial charge on any atom is -0.368 e. The van der Waals surface area contributed by atoms with Crippen molar-refractivity contribution in [1.82, 2.24) is 4.90 Å². The molecule has 1 unspecified atom stereocenters. The van der Waals surface area contributed by atoms with E-state index in [0.717, 1.165) is 6.54 Å². The quantitative estimate of drug-likeness (QED) is 0.773. The van der Waals surface area contributed by atoms with Gasteiger partial charge in [-0.05, 0) is 19.5 Å². The van der Waals surface area contributed by atoms with Crippen LogP contribution >= 0.6 is 0 Å². The normalized spacial score (nSPS) is 12.8.